The fourth-order valence-electron chi connectivity index (χ4n) is 1.07. The molecule has 1 aliphatic rings. The van der Waals surface area contributed by atoms with Crippen LogP contribution in [0, 0.1) is 0 Å². The van der Waals surface area contributed by atoms with Gasteiger partial charge in [-0.05, 0) is 20.8 Å². The van der Waals surface area contributed by atoms with Gasteiger partial charge in [-0.1, -0.05) is 12.2 Å². The number of aliphatic imine (C=N–C) groups is 1. The van der Waals surface area contributed by atoms with Gasteiger partial charge < -0.3 is 4.74 Å². The highest BCUT2D eigenvalue weighted by molar-refractivity contribution is 7.80. The minimum atomic E-state index is -0.480. The molecule has 78 valence electrons. The number of rotatable bonds is 1. The van der Waals surface area contributed by atoms with Gasteiger partial charge in [-0.15, -0.1) is 0 Å². The van der Waals surface area contributed by atoms with Crippen molar-refractivity contribution in [1.29, 1.82) is 0 Å². The van der Waals surface area contributed by atoms with E-state index in [9.17, 15) is 4.79 Å². The van der Waals surface area contributed by atoms with Crippen molar-refractivity contribution < 1.29 is 9.53 Å². The van der Waals surface area contributed by atoms with Crippen molar-refractivity contribution in [2.24, 2.45) is 4.99 Å². The van der Waals surface area contributed by atoms with E-state index in [4.69, 9.17) is 17.0 Å². The Balaban J connectivity index is 2.62. The van der Waals surface area contributed by atoms with Crippen molar-refractivity contribution in [3.63, 3.8) is 0 Å². The number of hydrogen-bond acceptors (Lipinski definition) is 4. The molecule has 0 radical (unpaired) electrons. The van der Waals surface area contributed by atoms with Crippen LogP contribution in [0.2, 0.25) is 0 Å². The minimum absolute atomic E-state index is 0.380. The molecule has 5 heteroatoms. The van der Waals surface area contributed by atoms with E-state index in [1.807, 2.05) is 20.8 Å². The van der Waals surface area contributed by atoms with E-state index in [1.165, 1.54) is 10.3 Å². The number of thiocarbonyl (C=S) groups is 1. The molecular formula is C9H14N2O2S. The van der Waals surface area contributed by atoms with E-state index < -0.39 is 5.60 Å². The van der Waals surface area contributed by atoms with Crippen LogP contribution in [-0.4, -0.2) is 40.9 Å². The minimum Gasteiger partial charge on any atom is -0.443 e. The van der Waals surface area contributed by atoms with Crippen LogP contribution in [0.25, 0.3) is 0 Å². The second-order valence-corrected chi connectivity index (χ2v) is 4.23. The maximum absolute atomic E-state index is 11.6. The number of carbonyl (C=O) groups is 1. The second-order valence-electron chi connectivity index (χ2n) is 3.99. The lowest BCUT2D eigenvalue weighted by Gasteiger charge is -2.24. The van der Waals surface area contributed by atoms with Gasteiger partial charge in [0.2, 0.25) is 0 Å². The third kappa shape index (κ3) is 2.77. The third-order valence-corrected chi connectivity index (χ3v) is 1.80. The van der Waals surface area contributed by atoms with E-state index in [2.05, 4.69) is 4.99 Å². The number of nitrogens with zero attached hydrogens (tertiary/aromatic N) is 2. The molecule has 0 aromatic carbocycles. The molecule has 0 atom stereocenters. The highest BCUT2D eigenvalue weighted by Crippen LogP contribution is 2.11. The Bertz CT molecular complexity index is 281. The molecule has 1 heterocycles. The monoisotopic (exact) mass is 214 g/mol. The lowest BCUT2D eigenvalue weighted by atomic mass is 10.2. The van der Waals surface area contributed by atoms with Crippen LogP contribution < -0.4 is 0 Å². The van der Waals surface area contributed by atoms with E-state index in [0.717, 1.165) is 0 Å². The summed E-state index contributed by atoms with van der Waals surface area (Å²) in [5.41, 5.74) is -0.480. The summed E-state index contributed by atoms with van der Waals surface area (Å²) < 4.78 is 5.19. The van der Waals surface area contributed by atoms with Crippen LogP contribution in [0.1, 0.15) is 20.8 Å². The van der Waals surface area contributed by atoms with Crippen molar-refractivity contribution in [3.8, 4) is 0 Å². The highest BCUT2D eigenvalue weighted by atomic mass is 32.1. The van der Waals surface area contributed by atoms with Gasteiger partial charge in [-0.25, -0.2) is 4.79 Å². The molecule has 1 rings (SSSR count). The normalized spacial score (nSPS) is 16.5. The first kappa shape index (κ1) is 11.1. The van der Waals surface area contributed by atoms with E-state index >= 15 is 0 Å². The zero-order valence-electron chi connectivity index (χ0n) is 8.61. The van der Waals surface area contributed by atoms with Gasteiger partial charge in [-0.3, -0.25) is 9.89 Å². The summed E-state index contributed by atoms with van der Waals surface area (Å²) in [6.07, 6.45) is -0.380. The number of carbonyl (C=O) groups excluding carboxylic acids is 1. The molecule has 0 saturated heterocycles. The molecule has 0 N–H and O–H groups in total. The summed E-state index contributed by atoms with van der Waals surface area (Å²) in [5, 5.41) is 1.40. The lowest BCUT2D eigenvalue weighted by Crippen LogP contribution is -2.39. The second kappa shape index (κ2) is 4.04. The largest absolute Gasteiger partial charge is 0.443 e. The van der Waals surface area contributed by atoms with Crippen LogP contribution in [0.5, 0.6) is 0 Å². The molecule has 4 nitrogen and oxygen atoms in total. The first-order chi connectivity index (χ1) is 6.44. The van der Waals surface area contributed by atoms with E-state index in [1.54, 1.807) is 0 Å². The van der Waals surface area contributed by atoms with Crippen molar-refractivity contribution in [2.45, 2.75) is 26.4 Å². The first-order valence-electron chi connectivity index (χ1n) is 4.44. The zero-order valence-corrected chi connectivity index (χ0v) is 9.43. The quantitative estimate of drug-likeness (QED) is 0.623. The molecule has 0 bridgehead atoms. The van der Waals surface area contributed by atoms with E-state index in [-0.39, 0.29) is 6.09 Å². The predicted octanol–water partition coefficient (Wildman–Crippen LogP) is 1.64. The van der Waals surface area contributed by atoms with Crippen LogP contribution in [-0.2, 0) is 4.74 Å². The van der Waals surface area contributed by atoms with Gasteiger partial charge >= 0.3 is 6.09 Å². The molecular weight excluding hydrogens is 200 g/mol. The molecule has 0 aromatic heterocycles. The maximum atomic E-state index is 11.6. The van der Waals surface area contributed by atoms with Crippen LogP contribution in [0.3, 0.4) is 0 Å². The molecule has 0 fully saturated rings. The number of amidine groups is 1. The average Bonchev–Trinajstić information content (AvgIpc) is 2.47. The van der Waals surface area contributed by atoms with Gasteiger partial charge in [0.25, 0.3) is 0 Å². The highest BCUT2D eigenvalue weighted by Gasteiger charge is 2.26. The molecule has 0 spiro atoms. The number of hydrogen-bond donors (Lipinski definition) is 0. The molecule has 1 aliphatic heterocycles. The molecule has 0 aliphatic carbocycles. The Morgan fingerprint density at radius 2 is 2.29 bits per heavy atom. The molecule has 0 aromatic rings. The van der Waals surface area contributed by atoms with E-state index in [0.29, 0.717) is 18.9 Å². The Morgan fingerprint density at radius 3 is 2.79 bits per heavy atom. The predicted molar refractivity (Wildman–Crippen MR) is 58.9 cm³/mol. The fourth-order valence-corrected chi connectivity index (χ4v) is 1.27. The standard InChI is InChI=1S/C9H14N2O2S/c1-9(2,3)13-8(12)11-5-4-10-7(11)6-14/h6H,4-5H2,1-3H3. The molecule has 14 heavy (non-hydrogen) atoms. The molecule has 0 saturated carbocycles. The van der Waals surface area contributed by atoms with Crippen LogP contribution >= 0.6 is 12.2 Å². The average molecular weight is 214 g/mol. The van der Waals surface area contributed by atoms with Crippen molar-refractivity contribution in [1.82, 2.24) is 4.90 Å². The van der Waals surface area contributed by atoms with Crippen LogP contribution in [0.4, 0.5) is 4.79 Å². The van der Waals surface area contributed by atoms with Crippen molar-refractivity contribution in [2.75, 3.05) is 13.1 Å². The van der Waals surface area contributed by atoms with Crippen molar-refractivity contribution in [3.05, 3.63) is 0 Å². The fraction of sp³-hybridized carbons (Fsp3) is 0.667. The summed E-state index contributed by atoms with van der Waals surface area (Å²) >= 11 is 4.74. The zero-order chi connectivity index (χ0) is 10.8. The Kier molecular flexibility index (Phi) is 3.21. The maximum Gasteiger partial charge on any atom is 0.416 e. The third-order valence-electron chi connectivity index (χ3n) is 1.59. The summed E-state index contributed by atoms with van der Waals surface area (Å²) in [4.78, 5) is 17.1. The Morgan fingerprint density at radius 1 is 1.64 bits per heavy atom. The SMILES string of the molecule is CC(C)(C)OC(=O)N1CCN=C1C=S. The first-order valence-corrected chi connectivity index (χ1v) is 4.91. The van der Waals surface area contributed by atoms with Gasteiger partial charge in [0.1, 0.15) is 11.4 Å². The topological polar surface area (TPSA) is 41.9 Å². The lowest BCUT2D eigenvalue weighted by molar-refractivity contribution is 0.0387. The smallest absolute Gasteiger partial charge is 0.416 e. The van der Waals surface area contributed by atoms with Crippen LogP contribution in [0.15, 0.2) is 4.99 Å². The van der Waals surface area contributed by atoms with Gasteiger partial charge in [0, 0.05) is 5.37 Å². The number of ether oxygens (including phenoxy) is 1. The molecule has 0 unspecified atom stereocenters. The summed E-state index contributed by atoms with van der Waals surface area (Å²) in [5.74, 6) is 0.522. The summed E-state index contributed by atoms with van der Waals surface area (Å²) in [6, 6.07) is 0. The van der Waals surface area contributed by atoms with Gasteiger partial charge in [0.05, 0.1) is 13.1 Å². The Hall–Kier alpha value is -0.970. The Labute approximate surface area is 88.9 Å². The van der Waals surface area contributed by atoms with Gasteiger partial charge in [-0.2, -0.15) is 0 Å². The molecule has 1 amide bonds. The van der Waals surface area contributed by atoms with Gasteiger partial charge in [0.15, 0.2) is 0 Å². The summed E-state index contributed by atoms with van der Waals surface area (Å²) in [7, 11) is 0. The number of amides is 1. The summed E-state index contributed by atoms with van der Waals surface area (Å²) in [6.45, 7) is 6.64. The van der Waals surface area contributed by atoms with Crippen molar-refractivity contribution >= 4 is 29.5 Å².